The second kappa shape index (κ2) is 8.47. The molecule has 10 heteroatoms. The number of halogens is 3. The van der Waals surface area contributed by atoms with Crippen LogP contribution in [0.5, 0.6) is 0 Å². The van der Waals surface area contributed by atoms with Crippen molar-refractivity contribution >= 4 is 43.8 Å². The van der Waals surface area contributed by atoms with Gasteiger partial charge in [0.25, 0.3) is 0 Å². The Morgan fingerprint density at radius 2 is 2.03 bits per heavy atom. The molecule has 1 aliphatic carbocycles. The summed E-state index contributed by atoms with van der Waals surface area (Å²) in [5, 5.41) is 6.87. The molecule has 0 aliphatic heterocycles. The molecule has 160 valence electrons. The predicted octanol–water partition coefficient (Wildman–Crippen LogP) is 4.00. The molecule has 1 fully saturated rings. The molecular weight excluding hydrogens is 415 g/mol. The Morgan fingerprint density at radius 1 is 1.30 bits per heavy atom. The van der Waals surface area contributed by atoms with E-state index in [2.05, 4.69) is 38.0 Å². The zero-order valence-electron chi connectivity index (χ0n) is 16.4. The van der Waals surface area contributed by atoms with Crippen LogP contribution < -0.4 is 10.6 Å². The van der Waals surface area contributed by atoms with Crippen molar-refractivity contribution < 1.29 is 17.4 Å². The molecule has 0 saturated heterocycles. The normalized spacial score (nSPS) is 17.1. The van der Waals surface area contributed by atoms with E-state index in [1.807, 2.05) is 0 Å². The van der Waals surface area contributed by atoms with Gasteiger partial charge in [-0.1, -0.05) is 18.7 Å². The summed E-state index contributed by atoms with van der Waals surface area (Å²) in [6.07, 6.45) is 3.81. The standard InChI is InChI=1S/C20H22F3N5OS/c1-4-5-13(10-11-30(2,3)29)15-8-9-16-17(26-15)18(24-12-20(21,22)23)28-19(27-16)25-14-6-7-14/h4-5,8-11,14H,1-2,6-7,12H2,3H3,(H2,24,25,27,28)/b11-10+,13-5+. The zero-order chi connectivity index (χ0) is 21.9. The van der Waals surface area contributed by atoms with Gasteiger partial charge in [-0.2, -0.15) is 18.2 Å². The van der Waals surface area contributed by atoms with Gasteiger partial charge in [0.15, 0.2) is 5.82 Å². The fourth-order valence-corrected chi connectivity index (χ4v) is 2.96. The van der Waals surface area contributed by atoms with Gasteiger partial charge in [-0.05, 0) is 51.9 Å². The van der Waals surface area contributed by atoms with Crippen LogP contribution in [0.2, 0.25) is 0 Å². The Balaban J connectivity index is 2.06. The Bertz CT molecular complexity index is 1120. The lowest BCUT2D eigenvalue weighted by atomic mass is 10.1. The van der Waals surface area contributed by atoms with Crippen LogP contribution >= 0.6 is 0 Å². The van der Waals surface area contributed by atoms with E-state index in [-0.39, 0.29) is 23.3 Å². The molecule has 1 saturated carbocycles. The van der Waals surface area contributed by atoms with Crippen LogP contribution in [0.3, 0.4) is 0 Å². The van der Waals surface area contributed by atoms with Gasteiger partial charge in [0.1, 0.15) is 12.1 Å². The Labute approximate surface area is 173 Å². The average Bonchev–Trinajstić information content (AvgIpc) is 3.45. The van der Waals surface area contributed by atoms with Gasteiger partial charge in [0.2, 0.25) is 5.95 Å². The highest BCUT2D eigenvalue weighted by molar-refractivity contribution is 8.02. The molecule has 2 aromatic heterocycles. The van der Waals surface area contributed by atoms with Crippen LogP contribution in [0, 0.1) is 0 Å². The van der Waals surface area contributed by atoms with Crippen LogP contribution in [0.25, 0.3) is 16.6 Å². The summed E-state index contributed by atoms with van der Waals surface area (Å²) >= 11 is 0. The summed E-state index contributed by atoms with van der Waals surface area (Å²) in [4.78, 5) is 13.0. The Kier molecular flexibility index (Phi) is 6.16. The van der Waals surface area contributed by atoms with Crippen molar-refractivity contribution in [1.29, 1.82) is 0 Å². The van der Waals surface area contributed by atoms with E-state index in [4.69, 9.17) is 0 Å². The maximum absolute atomic E-state index is 12.8. The number of hydrogen-bond donors (Lipinski definition) is 2. The van der Waals surface area contributed by atoms with Crippen molar-refractivity contribution in [2.45, 2.75) is 25.1 Å². The summed E-state index contributed by atoms with van der Waals surface area (Å²) in [6, 6.07) is 3.59. The quantitative estimate of drug-likeness (QED) is 0.480. The lowest BCUT2D eigenvalue weighted by Gasteiger charge is -2.13. The summed E-state index contributed by atoms with van der Waals surface area (Å²) in [5.41, 5.74) is 1.63. The molecule has 1 aliphatic rings. The van der Waals surface area contributed by atoms with Crippen LogP contribution in [0.15, 0.2) is 42.3 Å². The Hall–Kier alpha value is -2.88. The number of hydrogen-bond acceptors (Lipinski definition) is 6. The first kappa shape index (κ1) is 21.8. The smallest absolute Gasteiger partial charge is 0.359 e. The second-order valence-corrected chi connectivity index (χ2v) is 9.50. The minimum atomic E-state index is -4.41. The van der Waals surface area contributed by atoms with Gasteiger partial charge in [0, 0.05) is 17.9 Å². The third kappa shape index (κ3) is 6.31. The van der Waals surface area contributed by atoms with E-state index in [1.165, 1.54) is 17.7 Å². The summed E-state index contributed by atoms with van der Waals surface area (Å²) < 4.78 is 50.2. The first-order valence-electron chi connectivity index (χ1n) is 9.13. The zero-order valence-corrected chi connectivity index (χ0v) is 17.2. The highest BCUT2D eigenvalue weighted by atomic mass is 32.2. The number of nitrogens with zero attached hydrogens (tertiary/aromatic N) is 3. The molecule has 2 N–H and O–H groups in total. The highest BCUT2D eigenvalue weighted by Crippen LogP contribution is 2.28. The molecule has 0 spiro atoms. The van der Waals surface area contributed by atoms with Crippen molar-refractivity contribution in [3.8, 4) is 0 Å². The second-order valence-electron chi connectivity index (χ2n) is 7.08. The molecule has 0 amide bonds. The van der Waals surface area contributed by atoms with Gasteiger partial charge >= 0.3 is 6.18 Å². The first-order valence-corrected chi connectivity index (χ1v) is 11.3. The van der Waals surface area contributed by atoms with Crippen LogP contribution in [0.1, 0.15) is 18.5 Å². The number of rotatable bonds is 8. The average molecular weight is 437 g/mol. The molecule has 1 unspecified atom stereocenters. The summed E-state index contributed by atoms with van der Waals surface area (Å²) in [5.74, 6) is 3.81. The van der Waals surface area contributed by atoms with Crippen molar-refractivity contribution in [2.75, 3.05) is 23.4 Å². The van der Waals surface area contributed by atoms with Crippen LogP contribution in [-0.2, 0) is 9.52 Å². The fraction of sp³-hybridized carbons (Fsp3) is 0.300. The summed E-state index contributed by atoms with van der Waals surface area (Å²) in [6.45, 7) is 2.41. The molecule has 1 atom stereocenters. The van der Waals surface area contributed by atoms with Gasteiger partial charge in [0.05, 0.1) is 11.2 Å². The molecule has 0 radical (unpaired) electrons. The van der Waals surface area contributed by atoms with Crippen LogP contribution in [-0.4, -0.2) is 50.0 Å². The van der Waals surface area contributed by atoms with E-state index in [0.29, 0.717) is 16.8 Å². The predicted molar refractivity (Wildman–Crippen MR) is 117 cm³/mol. The van der Waals surface area contributed by atoms with E-state index in [9.17, 15) is 17.4 Å². The monoisotopic (exact) mass is 437 g/mol. The SMILES string of the molecule is C=C/C=C(\C=C\S(=C)(C)=O)c1ccc2nc(NC3CC3)nc(NCC(F)(F)F)c2n1. The molecule has 2 heterocycles. The molecule has 0 aromatic carbocycles. The number of fused-ring (bicyclic) bond motifs is 1. The van der Waals surface area contributed by atoms with Gasteiger partial charge in [-0.15, -0.1) is 0 Å². The molecule has 2 aromatic rings. The lowest BCUT2D eigenvalue weighted by molar-refractivity contribution is -0.115. The third-order valence-corrected chi connectivity index (χ3v) is 4.75. The maximum Gasteiger partial charge on any atom is 0.405 e. The van der Waals surface area contributed by atoms with E-state index in [0.717, 1.165) is 12.8 Å². The molecule has 30 heavy (non-hydrogen) atoms. The highest BCUT2D eigenvalue weighted by Gasteiger charge is 2.28. The Morgan fingerprint density at radius 3 is 2.63 bits per heavy atom. The molecule has 3 rings (SSSR count). The minimum absolute atomic E-state index is 0.0132. The van der Waals surface area contributed by atoms with Crippen molar-refractivity contribution in [1.82, 2.24) is 15.0 Å². The number of pyridine rings is 1. The van der Waals surface area contributed by atoms with E-state index in [1.54, 1.807) is 24.3 Å². The molecule has 0 bridgehead atoms. The lowest BCUT2D eigenvalue weighted by Crippen LogP contribution is -2.22. The van der Waals surface area contributed by atoms with Gasteiger partial charge in [-0.3, -0.25) is 4.21 Å². The fourth-order valence-electron chi connectivity index (χ4n) is 2.53. The summed E-state index contributed by atoms with van der Waals surface area (Å²) in [7, 11) is -2.39. The molecular formula is C20H22F3N5OS. The van der Waals surface area contributed by atoms with Gasteiger partial charge in [-0.25, -0.2) is 9.97 Å². The van der Waals surface area contributed by atoms with Crippen LogP contribution in [0.4, 0.5) is 24.9 Å². The van der Waals surface area contributed by atoms with Crippen molar-refractivity contribution in [3.63, 3.8) is 0 Å². The number of allylic oxidation sites excluding steroid dienone is 4. The number of aromatic nitrogens is 3. The van der Waals surface area contributed by atoms with E-state index >= 15 is 0 Å². The largest absolute Gasteiger partial charge is 0.405 e. The van der Waals surface area contributed by atoms with Crippen molar-refractivity contribution in [3.05, 3.63) is 48.0 Å². The number of alkyl halides is 3. The first-order chi connectivity index (χ1) is 14.0. The number of anilines is 2. The van der Waals surface area contributed by atoms with E-state index < -0.39 is 22.2 Å². The third-order valence-electron chi connectivity index (χ3n) is 4.04. The van der Waals surface area contributed by atoms with Gasteiger partial charge < -0.3 is 10.6 Å². The minimum Gasteiger partial charge on any atom is -0.359 e. The van der Waals surface area contributed by atoms with Crippen molar-refractivity contribution in [2.24, 2.45) is 0 Å². The molecule has 6 nitrogen and oxygen atoms in total. The maximum atomic E-state index is 12.8. The topological polar surface area (TPSA) is 79.8 Å². The number of nitrogens with one attached hydrogen (secondary N) is 2.